The van der Waals surface area contributed by atoms with E-state index in [-0.39, 0.29) is 0 Å². The van der Waals surface area contributed by atoms with Gasteiger partial charge in [0, 0.05) is 24.3 Å². The van der Waals surface area contributed by atoms with Crippen molar-refractivity contribution < 1.29 is 0 Å². The van der Waals surface area contributed by atoms with Crippen LogP contribution in [0.5, 0.6) is 0 Å². The average Bonchev–Trinajstić information content (AvgIpc) is 3.05. The molecule has 0 saturated heterocycles. The summed E-state index contributed by atoms with van der Waals surface area (Å²) < 4.78 is 4.08. The van der Waals surface area contributed by atoms with E-state index in [9.17, 15) is 0 Å². The lowest BCUT2D eigenvalue weighted by atomic mass is 10.1. The van der Waals surface area contributed by atoms with Crippen molar-refractivity contribution in [3.05, 3.63) is 29.1 Å². The molecule has 116 valence electrons. The van der Waals surface area contributed by atoms with Gasteiger partial charge in [-0.2, -0.15) is 10.2 Å². The predicted molar refractivity (Wildman–Crippen MR) is 83.2 cm³/mol. The third-order valence-electron chi connectivity index (χ3n) is 3.70. The number of nitrogens with one attached hydrogen (secondary N) is 1. The first-order valence-electron chi connectivity index (χ1n) is 7.83. The zero-order valence-corrected chi connectivity index (χ0v) is 13.6. The second-order valence-corrected chi connectivity index (χ2v) is 5.17. The van der Waals surface area contributed by atoms with Crippen molar-refractivity contribution >= 4 is 0 Å². The molecule has 0 radical (unpaired) electrons. The fraction of sp³-hybridized carbons (Fsp3) is 0.667. The lowest BCUT2D eigenvalue weighted by Crippen LogP contribution is -2.14. The van der Waals surface area contributed by atoms with Crippen LogP contribution in [0.4, 0.5) is 0 Å². The molecule has 0 atom stereocenters. The summed E-state index contributed by atoms with van der Waals surface area (Å²) in [7, 11) is 1.98. The monoisotopic (exact) mass is 290 g/mol. The van der Waals surface area contributed by atoms with Gasteiger partial charge in [0.2, 0.25) is 0 Å². The number of hydrogen-bond donors (Lipinski definition) is 1. The molecule has 0 unspecified atom stereocenters. The molecule has 0 bridgehead atoms. The van der Waals surface area contributed by atoms with E-state index in [2.05, 4.69) is 40.9 Å². The topological polar surface area (TPSA) is 60.6 Å². The van der Waals surface area contributed by atoms with Crippen LogP contribution in [0.25, 0.3) is 0 Å². The van der Waals surface area contributed by atoms with Crippen LogP contribution in [-0.4, -0.2) is 31.6 Å². The zero-order chi connectivity index (χ0) is 15.2. The van der Waals surface area contributed by atoms with Crippen LogP contribution in [-0.2, 0) is 32.5 Å². The number of rotatable bonds is 8. The third-order valence-corrected chi connectivity index (χ3v) is 3.70. The number of aryl methyl sites for hydroxylation is 2. The highest BCUT2D eigenvalue weighted by Crippen LogP contribution is 2.17. The molecular weight excluding hydrogens is 264 g/mol. The Balaban J connectivity index is 2.32. The first kappa shape index (κ1) is 15.7. The molecule has 6 nitrogen and oxygen atoms in total. The lowest BCUT2D eigenvalue weighted by Gasteiger charge is -2.08. The number of hydrogen-bond acceptors (Lipinski definition) is 4. The van der Waals surface area contributed by atoms with Crippen LogP contribution in [0.2, 0.25) is 0 Å². The van der Waals surface area contributed by atoms with E-state index in [1.165, 1.54) is 17.0 Å². The van der Waals surface area contributed by atoms with E-state index in [0.717, 1.165) is 38.2 Å². The number of nitrogens with zero attached hydrogens (tertiary/aromatic N) is 5. The molecule has 0 aliphatic carbocycles. The molecule has 6 heteroatoms. The van der Waals surface area contributed by atoms with Crippen LogP contribution < -0.4 is 5.32 Å². The van der Waals surface area contributed by atoms with Gasteiger partial charge in [0.15, 0.2) is 0 Å². The molecule has 0 aliphatic heterocycles. The van der Waals surface area contributed by atoms with Gasteiger partial charge >= 0.3 is 0 Å². The summed E-state index contributed by atoms with van der Waals surface area (Å²) in [5, 5.41) is 12.3. The Morgan fingerprint density at radius 1 is 1.14 bits per heavy atom. The fourth-order valence-corrected chi connectivity index (χ4v) is 2.72. The van der Waals surface area contributed by atoms with Crippen molar-refractivity contribution in [1.82, 2.24) is 29.9 Å². The molecule has 21 heavy (non-hydrogen) atoms. The summed E-state index contributed by atoms with van der Waals surface area (Å²) in [6.07, 6.45) is 4.63. The normalized spacial score (nSPS) is 11.2. The molecule has 2 heterocycles. The van der Waals surface area contributed by atoms with E-state index in [4.69, 9.17) is 5.10 Å². The Kier molecular flexibility index (Phi) is 5.50. The van der Waals surface area contributed by atoms with Gasteiger partial charge in [0.1, 0.15) is 18.7 Å². The molecule has 1 N–H and O–H groups in total. The highest BCUT2D eigenvalue weighted by atomic mass is 15.4. The van der Waals surface area contributed by atoms with Crippen molar-refractivity contribution in [2.45, 2.75) is 59.7 Å². The van der Waals surface area contributed by atoms with Crippen LogP contribution in [0.1, 0.15) is 50.0 Å². The predicted octanol–water partition coefficient (Wildman–Crippen LogP) is 1.78. The van der Waals surface area contributed by atoms with Crippen molar-refractivity contribution in [2.75, 3.05) is 7.05 Å². The Morgan fingerprint density at radius 3 is 2.57 bits per heavy atom. The second-order valence-electron chi connectivity index (χ2n) is 5.17. The molecule has 0 aliphatic rings. The molecule has 0 spiro atoms. The van der Waals surface area contributed by atoms with Crippen LogP contribution in [0, 0.1) is 0 Å². The fourth-order valence-electron chi connectivity index (χ4n) is 2.72. The molecule has 0 amide bonds. The van der Waals surface area contributed by atoms with Crippen LogP contribution in [0.3, 0.4) is 0 Å². The van der Waals surface area contributed by atoms with Crippen molar-refractivity contribution in [3.8, 4) is 0 Å². The van der Waals surface area contributed by atoms with Gasteiger partial charge in [-0.3, -0.25) is 4.68 Å². The van der Waals surface area contributed by atoms with E-state index < -0.39 is 0 Å². The molecule has 2 aromatic rings. The largest absolute Gasteiger partial charge is 0.316 e. The van der Waals surface area contributed by atoms with Gasteiger partial charge in [0.05, 0.1) is 5.69 Å². The highest BCUT2D eigenvalue weighted by Gasteiger charge is 2.16. The van der Waals surface area contributed by atoms with Crippen molar-refractivity contribution in [3.63, 3.8) is 0 Å². The van der Waals surface area contributed by atoms with Crippen LogP contribution in [0.15, 0.2) is 6.33 Å². The third kappa shape index (κ3) is 3.32. The minimum absolute atomic E-state index is 0.694. The maximum Gasteiger partial charge on any atom is 0.148 e. The summed E-state index contributed by atoms with van der Waals surface area (Å²) in [5.74, 6) is 0.979. The highest BCUT2D eigenvalue weighted by molar-refractivity contribution is 5.27. The summed E-state index contributed by atoms with van der Waals surface area (Å²) in [5.41, 5.74) is 3.82. The molecule has 2 rings (SSSR count). The summed E-state index contributed by atoms with van der Waals surface area (Å²) >= 11 is 0. The first-order chi connectivity index (χ1) is 10.2. The average molecular weight is 290 g/mol. The lowest BCUT2D eigenvalue weighted by molar-refractivity contribution is 0.529. The van der Waals surface area contributed by atoms with Gasteiger partial charge in [-0.15, -0.1) is 0 Å². The second kappa shape index (κ2) is 7.36. The van der Waals surface area contributed by atoms with Gasteiger partial charge in [-0.05, 0) is 26.3 Å². The Bertz CT molecular complexity index is 569. The molecule has 0 saturated carbocycles. The standard InChI is InChI=1S/C15H26N6/c1-5-8-20-15(17-11-18-20)10-21-14(7-3)12(9-16-4)13(6-2)19-21/h11,16H,5-10H2,1-4H3. The van der Waals surface area contributed by atoms with Crippen molar-refractivity contribution in [1.29, 1.82) is 0 Å². The Hall–Kier alpha value is -1.69. The molecule has 0 fully saturated rings. The van der Waals surface area contributed by atoms with Crippen molar-refractivity contribution in [2.24, 2.45) is 0 Å². The summed E-state index contributed by atoms with van der Waals surface area (Å²) in [6, 6.07) is 0. The zero-order valence-electron chi connectivity index (χ0n) is 13.6. The SMILES string of the molecule is CCCn1ncnc1Cn1nc(CC)c(CNC)c1CC. The van der Waals surface area contributed by atoms with Gasteiger partial charge in [0.25, 0.3) is 0 Å². The smallest absolute Gasteiger partial charge is 0.148 e. The first-order valence-corrected chi connectivity index (χ1v) is 7.83. The molecular formula is C15H26N6. The van der Waals surface area contributed by atoms with Gasteiger partial charge in [-0.1, -0.05) is 20.8 Å². The molecule has 2 aromatic heterocycles. The number of aromatic nitrogens is 5. The van der Waals surface area contributed by atoms with Gasteiger partial charge < -0.3 is 5.32 Å². The minimum Gasteiger partial charge on any atom is -0.316 e. The van der Waals surface area contributed by atoms with E-state index >= 15 is 0 Å². The van der Waals surface area contributed by atoms with E-state index in [1.54, 1.807) is 6.33 Å². The quantitative estimate of drug-likeness (QED) is 0.805. The maximum absolute atomic E-state index is 4.79. The molecule has 0 aromatic carbocycles. The van der Waals surface area contributed by atoms with E-state index in [0.29, 0.717) is 6.54 Å². The Morgan fingerprint density at radius 2 is 1.95 bits per heavy atom. The summed E-state index contributed by atoms with van der Waals surface area (Å²) in [6.45, 7) is 8.96. The maximum atomic E-state index is 4.79. The Labute approximate surface area is 126 Å². The minimum atomic E-state index is 0.694. The van der Waals surface area contributed by atoms with Gasteiger partial charge in [-0.25, -0.2) is 9.67 Å². The van der Waals surface area contributed by atoms with E-state index in [1.807, 2.05) is 11.7 Å². The van der Waals surface area contributed by atoms with Crippen LogP contribution >= 0.6 is 0 Å². The summed E-state index contributed by atoms with van der Waals surface area (Å²) in [4.78, 5) is 4.39.